The molecule has 5 heteroatoms. The molecule has 0 aromatic rings. The summed E-state index contributed by atoms with van der Waals surface area (Å²) in [6, 6.07) is -0.690. The molecule has 0 aliphatic rings. The predicted octanol–water partition coefficient (Wildman–Crippen LogP) is 1.13. The van der Waals surface area contributed by atoms with Crippen molar-refractivity contribution in [1.82, 2.24) is 0 Å². The summed E-state index contributed by atoms with van der Waals surface area (Å²) < 4.78 is 4.25. The molecule has 0 aliphatic heterocycles. The molecule has 0 radical (unpaired) electrons. The predicted molar refractivity (Wildman–Crippen MR) is 55.2 cm³/mol. The Labute approximate surface area is 85.9 Å². The summed E-state index contributed by atoms with van der Waals surface area (Å²) in [4.78, 5) is 10.1. The highest BCUT2D eigenvalue weighted by molar-refractivity contribution is 5.85. The first-order chi connectivity index (χ1) is 5.45. The van der Waals surface area contributed by atoms with Crippen LogP contribution in [0, 0.1) is 5.92 Å². The van der Waals surface area contributed by atoms with Crippen LogP contribution in [0.3, 0.4) is 0 Å². The lowest BCUT2D eigenvalue weighted by Gasteiger charge is -2.07. The lowest BCUT2D eigenvalue weighted by molar-refractivity contribution is -0.138. The number of ether oxygens (including phenoxy) is 1. The van der Waals surface area contributed by atoms with Gasteiger partial charge in [0.1, 0.15) is 6.04 Å². The molecule has 0 unspecified atom stereocenters. The second kappa shape index (κ2) is 11.7. The molecule has 0 amide bonds. The first-order valence-corrected chi connectivity index (χ1v) is 3.84. The van der Waals surface area contributed by atoms with Crippen molar-refractivity contribution in [2.45, 2.75) is 26.3 Å². The maximum Gasteiger partial charge on any atom is 0.320 e. The Kier molecular flexibility index (Phi) is 16.6. The summed E-state index contributed by atoms with van der Waals surface area (Å²) in [5.41, 5.74) is 5.22. The van der Waals surface area contributed by atoms with E-state index >= 15 is 0 Å². The molecule has 0 spiro atoms. The van der Waals surface area contributed by atoms with Gasteiger partial charge in [-0.2, -0.15) is 0 Å². The van der Waals surface area contributed by atoms with E-state index in [1.165, 1.54) is 0 Å². The van der Waals surface area contributed by atoms with Gasteiger partial charge >= 0.3 is 5.97 Å². The number of hydrogen-bond acceptors (Lipinski definition) is 3. The molecule has 0 aromatic heterocycles. The van der Waals surface area contributed by atoms with Gasteiger partial charge < -0.3 is 15.6 Å². The van der Waals surface area contributed by atoms with E-state index in [1.54, 1.807) is 14.2 Å². The summed E-state index contributed by atoms with van der Waals surface area (Å²) >= 11 is 0. The molecule has 4 nitrogen and oxygen atoms in total. The van der Waals surface area contributed by atoms with Crippen molar-refractivity contribution in [2.24, 2.45) is 11.7 Å². The van der Waals surface area contributed by atoms with Crippen LogP contribution >= 0.6 is 12.4 Å². The van der Waals surface area contributed by atoms with E-state index in [4.69, 9.17) is 10.8 Å². The topological polar surface area (TPSA) is 72.6 Å². The molecule has 0 heterocycles. The minimum absolute atomic E-state index is 0. The molecule has 1 atom stereocenters. The van der Waals surface area contributed by atoms with E-state index in [9.17, 15) is 4.79 Å². The van der Waals surface area contributed by atoms with Gasteiger partial charge in [-0.15, -0.1) is 12.4 Å². The Bertz CT molecular complexity index is 120. The largest absolute Gasteiger partial charge is 0.480 e. The number of hydrogen-bond donors (Lipinski definition) is 2. The van der Waals surface area contributed by atoms with Gasteiger partial charge in [-0.05, 0) is 12.3 Å². The van der Waals surface area contributed by atoms with Crippen LogP contribution in [0.2, 0.25) is 0 Å². The minimum atomic E-state index is -0.913. The van der Waals surface area contributed by atoms with Crippen molar-refractivity contribution in [2.75, 3.05) is 14.2 Å². The van der Waals surface area contributed by atoms with Gasteiger partial charge in [0.15, 0.2) is 0 Å². The zero-order chi connectivity index (χ0) is 10.1. The van der Waals surface area contributed by atoms with Crippen LogP contribution in [0.25, 0.3) is 0 Å². The van der Waals surface area contributed by atoms with Gasteiger partial charge in [-0.1, -0.05) is 13.8 Å². The second-order valence-corrected chi connectivity index (χ2v) is 2.98. The molecule has 0 saturated carbocycles. The van der Waals surface area contributed by atoms with Gasteiger partial charge in [0.05, 0.1) is 0 Å². The average Bonchev–Trinajstić information content (AvgIpc) is 1.87. The van der Waals surface area contributed by atoms with Crippen LogP contribution in [-0.4, -0.2) is 31.3 Å². The number of carboxylic acid groups (broad SMARTS) is 1. The fourth-order valence-electron chi connectivity index (χ4n) is 0.609. The van der Waals surface area contributed by atoms with Crippen molar-refractivity contribution in [3.63, 3.8) is 0 Å². The smallest absolute Gasteiger partial charge is 0.320 e. The second-order valence-electron chi connectivity index (χ2n) is 2.98. The molecule has 3 N–H and O–H groups in total. The van der Waals surface area contributed by atoms with E-state index in [0.717, 1.165) is 0 Å². The number of methoxy groups -OCH3 is 1. The highest BCUT2D eigenvalue weighted by atomic mass is 35.5. The highest BCUT2D eigenvalue weighted by Crippen LogP contribution is 2.01. The van der Waals surface area contributed by atoms with Crippen molar-refractivity contribution < 1.29 is 14.6 Å². The van der Waals surface area contributed by atoms with Crippen LogP contribution in [0.4, 0.5) is 0 Å². The average molecular weight is 214 g/mol. The fourth-order valence-corrected chi connectivity index (χ4v) is 0.609. The zero-order valence-electron chi connectivity index (χ0n) is 8.61. The van der Waals surface area contributed by atoms with Gasteiger partial charge in [-0.3, -0.25) is 4.79 Å². The lowest BCUT2D eigenvalue weighted by atomic mass is 10.1. The quantitative estimate of drug-likeness (QED) is 0.737. The standard InChI is InChI=1S/C6H13NO2.C2H6O.ClH/c1-4(2)3-5(7)6(8)9;1-3-2;/h4-5H,3,7H2,1-2H3,(H,8,9);1-2H3;1H/t5-;;/m0../s1. The van der Waals surface area contributed by atoms with E-state index in [-0.39, 0.29) is 12.4 Å². The highest BCUT2D eigenvalue weighted by Gasteiger charge is 2.11. The van der Waals surface area contributed by atoms with E-state index in [1.807, 2.05) is 13.8 Å². The van der Waals surface area contributed by atoms with E-state index < -0.39 is 12.0 Å². The third-order valence-corrected chi connectivity index (χ3v) is 1.04. The molecule has 0 bridgehead atoms. The van der Waals surface area contributed by atoms with Crippen LogP contribution in [0.1, 0.15) is 20.3 Å². The summed E-state index contributed by atoms with van der Waals surface area (Å²) in [6.45, 7) is 3.89. The lowest BCUT2D eigenvalue weighted by Crippen LogP contribution is -2.31. The number of aliphatic carboxylic acids is 1. The number of halogens is 1. The summed E-state index contributed by atoms with van der Waals surface area (Å²) in [7, 11) is 3.25. The SMILES string of the molecule is CC(C)C[C@H](N)C(=O)O.COC.Cl. The molecule has 82 valence electrons. The maximum atomic E-state index is 10.1. The minimum Gasteiger partial charge on any atom is -0.480 e. The molecule has 0 saturated heterocycles. The zero-order valence-corrected chi connectivity index (χ0v) is 9.43. The maximum absolute atomic E-state index is 10.1. The Morgan fingerprint density at radius 2 is 1.77 bits per heavy atom. The summed E-state index contributed by atoms with van der Waals surface area (Å²) in [5, 5.41) is 8.31. The summed E-state index contributed by atoms with van der Waals surface area (Å²) in [5.74, 6) is -0.556. The monoisotopic (exact) mass is 213 g/mol. The fraction of sp³-hybridized carbons (Fsp3) is 0.875. The summed E-state index contributed by atoms with van der Waals surface area (Å²) in [6.07, 6.45) is 0.551. The first-order valence-electron chi connectivity index (χ1n) is 3.84. The van der Waals surface area contributed by atoms with Crippen LogP contribution in [0.15, 0.2) is 0 Å². The molecule has 0 fully saturated rings. The third-order valence-electron chi connectivity index (χ3n) is 1.04. The van der Waals surface area contributed by atoms with Crippen molar-refractivity contribution >= 4 is 18.4 Å². The molecule has 0 aliphatic carbocycles. The third kappa shape index (κ3) is 18.6. The Balaban J connectivity index is -0.000000220. The number of rotatable bonds is 3. The van der Waals surface area contributed by atoms with Crippen LogP contribution in [0.5, 0.6) is 0 Å². The van der Waals surface area contributed by atoms with Crippen molar-refractivity contribution in [3.05, 3.63) is 0 Å². The Morgan fingerprint density at radius 3 is 1.85 bits per heavy atom. The van der Waals surface area contributed by atoms with Crippen LogP contribution < -0.4 is 5.73 Å². The Hall–Kier alpha value is -0.320. The first kappa shape index (κ1) is 18.5. The molecule has 0 rings (SSSR count). The van der Waals surface area contributed by atoms with E-state index in [0.29, 0.717) is 12.3 Å². The van der Waals surface area contributed by atoms with Gasteiger partial charge in [-0.25, -0.2) is 0 Å². The Morgan fingerprint density at radius 1 is 1.46 bits per heavy atom. The van der Waals surface area contributed by atoms with Crippen molar-refractivity contribution in [1.29, 1.82) is 0 Å². The van der Waals surface area contributed by atoms with Gasteiger partial charge in [0.2, 0.25) is 0 Å². The van der Waals surface area contributed by atoms with Gasteiger partial charge in [0, 0.05) is 14.2 Å². The molecular weight excluding hydrogens is 194 g/mol. The normalized spacial score (nSPS) is 10.9. The molecule has 0 aromatic carbocycles. The number of nitrogens with two attached hydrogens (primary N) is 1. The van der Waals surface area contributed by atoms with E-state index in [2.05, 4.69) is 4.74 Å². The van der Waals surface area contributed by atoms with Crippen LogP contribution in [-0.2, 0) is 9.53 Å². The number of carbonyl (C=O) groups is 1. The van der Waals surface area contributed by atoms with Crippen molar-refractivity contribution in [3.8, 4) is 0 Å². The molecular formula is C8H20ClNO3. The molecule has 13 heavy (non-hydrogen) atoms. The number of carboxylic acids is 1. The van der Waals surface area contributed by atoms with Gasteiger partial charge in [0.25, 0.3) is 0 Å².